The number of aromatic nitrogens is 2. The summed E-state index contributed by atoms with van der Waals surface area (Å²) in [4.78, 5) is 24.7. The van der Waals surface area contributed by atoms with E-state index < -0.39 is 12.0 Å². The Labute approximate surface area is 139 Å². The van der Waals surface area contributed by atoms with Crippen LogP contribution in [-0.2, 0) is 22.5 Å². The molecular weight excluding hydrogens is 310 g/mol. The lowest BCUT2D eigenvalue weighted by molar-refractivity contribution is -0.143. The summed E-state index contributed by atoms with van der Waals surface area (Å²) in [5.74, 6) is -0.851. The molecule has 1 atom stereocenters. The van der Waals surface area contributed by atoms with Gasteiger partial charge in [0, 0.05) is 6.54 Å². The predicted molar refractivity (Wildman–Crippen MR) is 85.5 cm³/mol. The number of ether oxygens (including phenoxy) is 1. The SMILES string of the molecule is COC(=O)[C@H](NC(=O)c1cnn2c1CCCC2)c1ccc(O)cc1. The minimum Gasteiger partial charge on any atom is -0.508 e. The second-order valence-electron chi connectivity index (χ2n) is 5.71. The van der Waals surface area contributed by atoms with Crippen molar-refractivity contribution in [3.8, 4) is 5.75 Å². The van der Waals surface area contributed by atoms with Crippen LogP contribution >= 0.6 is 0 Å². The fourth-order valence-corrected chi connectivity index (χ4v) is 2.88. The van der Waals surface area contributed by atoms with Crippen LogP contribution in [0.4, 0.5) is 0 Å². The highest BCUT2D eigenvalue weighted by Gasteiger charge is 2.27. The van der Waals surface area contributed by atoms with Gasteiger partial charge in [-0.15, -0.1) is 0 Å². The zero-order chi connectivity index (χ0) is 17.1. The first-order valence-corrected chi connectivity index (χ1v) is 7.82. The number of aryl methyl sites for hydroxylation is 1. The molecule has 1 aromatic heterocycles. The lowest BCUT2D eigenvalue weighted by atomic mass is 10.0. The van der Waals surface area contributed by atoms with Gasteiger partial charge in [0.05, 0.1) is 24.6 Å². The van der Waals surface area contributed by atoms with Crippen molar-refractivity contribution in [2.45, 2.75) is 31.8 Å². The van der Waals surface area contributed by atoms with Crippen molar-refractivity contribution in [3.63, 3.8) is 0 Å². The minimum absolute atomic E-state index is 0.0828. The van der Waals surface area contributed by atoms with Crippen molar-refractivity contribution in [2.75, 3.05) is 7.11 Å². The molecule has 1 aliphatic rings. The van der Waals surface area contributed by atoms with E-state index in [0.29, 0.717) is 11.1 Å². The largest absolute Gasteiger partial charge is 0.508 e. The van der Waals surface area contributed by atoms with Crippen molar-refractivity contribution in [1.29, 1.82) is 0 Å². The highest BCUT2D eigenvalue weighted by atomic mass is 16.5. The van der Waals surface area contributed by atoms with Crippen LogP contribution in [0.5, 0.6) is 5.75 Å². The number of amides is 1. The Morgan fingerprint density at radius 1 is 1.29 bits per heavy atom. The fraction of sp³-hybridized carbons (Fsp3) is 0.353. The zero-order valence-corrected chi connectivity index (χ0v) is 13.4. The van der Waals surface area contributed by atoms with Crippen LogP contribution < -0.4 is 5.32 Å². The molecule has 0 unspecified atom stereocenters. The topological polar surface area (TPSA) is 93.5 Å². The maximum atomic E-state index is 12.6. The molecule has 0 saturated carbocycles. The molecule has 1 aromatic carbocycles. The Hall–Kier alpha value is -2.83. The van der Waals surface area contributed by atoms with E-state index in [2.05, 4.69) is 10.4 Å². The maximum Gasteiger partial charge on any atom is 0.333 e. The molecular formula is C17H19N3O4. The number of esters is 1. The summed E-state index contributed by atoms with van der Waals surface area (Å²) < 4.78 is 6.63. The van der Waals surface area contributed by atoms with Crippen LogP contribution in [0.15, 0.2) is 30.5 Å². The van der Waals surface area contributed by atoms with Crippen molar-refractivity contribution < 1.29 is 19.4 Å². The van der Waals surface area contributed by atoms with Gasteiger partial charge in [-0.2, -0.15) is 5.10 Å². The number of nitrogens with one attached hydrogen (secondary N) is 1. The molecule has 0 spiro atoms. The number of carbonyl (C=O) groups is 2. The summed E-state index contributed by atoms with van der Waals surface area (Å²) in [5, 5.41) is 16.3. The summed E-state index contributed by atoms with van der Waals surface area (Å²) in [6, 6.07) is 5.12. The number of aromatic hydroxyl groups is 1. The quantitative estimate of drug-likeness (QED) is 0.831. The first-order chi connectivity index (χ1) is 11.6. The van der Waals surface area contributed by atoms with Crippen LogP contribution in [-0.4, -0.2) is 33.9 Å². The third kappa shape index (κ3) is 3.10. The predicted octanol–water partition coefficient (Wildman–Crippen LogP) is 1.57. The highest BCUT2D eigenvalue weighted by Crippen LogP contribution is 2.21. The Balaban J connectivity index is 1.84. The fourth-order valence-electron chi connectivity index (χ4n) is 2.88. The summed E-state index contributed by atoms with van der Waals surface area (Å²) >= 11 is 0. The molecule has 7 nitrogen and oxygen atoms in total. The van der Waals surface area contributed by atoms with Crippen molar-refractivity contribution in [1.82, 2.24) is 15.1 Å². The molecule has 2 heterocycles. The summed E-state index contributed by atoms with van der Waals surface area (Å²) in [6.07, 6.45) is 4.41. The Bertz CT molecular complexity index is 752. The molecule has 0 saturated heterocycles. The van der Waals surface area contributed by atoms with Gasteiger partial charge in [-0.3, -0.25) is 9.48 Å². The number of hydrogen-bond acceptors (Lipinski definition) is 5. The Morgan fingerprint density at radius 2 is 2.04 bits per heavy atom. The smallest absolute Gasteiger partial charge is 0.333 e. The number of phenolic OH excluding ortho intramolecular Hbond substituents is 1. The first-order valence-electron chi connectivity index (χ1n) is 7.82. The Kier molecular flexibility index (Phi) is 4.50. The molecule has 126 valence electrons. The van der Waals surface area contributed by atoms with E-state index >= 15 is 0 Å². The van der Waals surface area contributed by atoms with Gasteiger partial charge >= 0.3 is 5.97 Å². The molecule has 1 aliphatic heterocycles. The molecule has 0 fully saturated rings. The molecule has 24 heavy (non-hydrogen) atoms. The van der Waals surface area contributed by atoms with E-state index in [0.717, 1.165) is 31.5 Å². The maximum absolute atomic E-state index is 12.6. The van der Waals surface area contributed by atoms with Gasteiger partial charge < -0.3 is 15.2 Å². The van der Waals surface area contributed by atoms with Gasteiger partial charge in [-0.05, 0) is 37.0 Å². The van der Waals surface area contributed by atoms with Gasteiger partial charge in [0.2, 0.25) is 0 Å². The lowest BCUT2D eigenvalue weighted by Gasteiger charge is -2.18. The van der Waals surface area contributed by atoms with Crippen LogP contribution in [0.25, 0.3) is 0 Å². The lowest BCUT2D eigenvalue weighted by Crippen LogP contribution is -2.35. The number of phenols is 1. The average molecular weight is 329 g/mol. The van der Waals surface area contributed by atoms with E-state index in [1.807, 2.05) is 4.68 Å². The summed E-state index contributed by atoms with van der Waals surface area (Å²) in [6.45, 7) is 0.807. The average Bonchev–Trinajstić information content (AvgIpc) is 3.04. The molecule has 0 bridgehead atoms. The van der Waals surface area contributed by atoms with Gasteiger partial charge in [-0.25, -0.2) is 4.79 Å². The normalized spacial score (nSPS) is 14.5. The van der Waals surface area contributed by atoms with Gasteiger partial charge in [0.1, 0.15) is 5.75 Å². The van der Waals surface area contributed by atoms with Gasteiger partial charge in [-0.1, -0.05) is 12.1 Å². The van der Waals surface area contributed by atoms with Crippen molar-refractivity contribution in [2.24, 2.45) is 0 Å². The van der Waals surface area contributed by atoms with E-state index in [-0.39, 0.29) is 11.7 Å². The molecule has 7 heteroatoms. The molecule has 2 N–H and O–H groups in total. The van der Waals surface area contributed by atoms with Crippen molar-refractivity contribution >= 4 is 11.9 Å². The third-order valence-corrected chi connectivity index (χ3v) is 4.17. The van der Waals surface area contributed by atoms with Crippen LogP contribution in [0, 0.1) is 0 Å². The number of fused-ring (bicyclic) bond motifs is 1. The van der Waals surface area contributed by atoms with Crippen LogP contribution in [0.2, 0.25) is 0 Å². The second kappa shape index (κ2) is 6.74. The van der Waals surface area contributed by atoms with Crippen molar-refractivity contribution in [3.05, 3.63) is 47.3 Å². The number of benzene rings is 1. The molecule has 0 radical (unpaired) electrons. The molecule has 2 aromatic rings. The number of nitrogens with zero attached hydrogens (tertiary/aromatic N) is 2. The molecule has 1 amide bonds. The van der Waals surface area contributed by atoms with Gasteiger partial charge in [0.25, 0.3) is 5.91 Å². The zero-order valence-electron chi connectivity index (χ0n) is 13.4. The highest BCUT2D eigenvalue weighted by molar-refractivity contribution is 5.97. The van der Waals surface area contributed by atoms with Gasteiger partial charge in [0.15, 0.2) is 6.04 Å². The molecule has 3 rings (SSSR count). The van der Waals surface area contributed by atoms with Crippen LogP contribution in [0.3, 0.4) is 0 Å². The first kappa shape index (κ1) is 16.0. The number of methoxy groups -OCH3 is 1. The van der Waals surface area contributed by atoms with E-state index in [4.69, 9.17) is 4.74 Å². The molecule has 0 aliphatic carbocycles. The van der Waals surface area contributed by atoms with E-state index in [1.54, 1.807) is 18.3 Å². The van der Waals surface area contributed by atoms with E-state index in [1.165, 1.54) is 19.2 Å². The second-order valence-corrected chi connectivity index (χ2v) is 5.71. The standard InChI is InChI=1S/C17H19N3O4/c1-24-17(23)15(11-5-7-12(21)8-6-11)19-16(22)13-10-18-20-9-3-2-4-14(13)20/h5-8,10,15,21H,2-4,9H2,1H3,(H,19,22)/t15-/m1/s1. The number of hydrogen-bond donors (Lipinski definition) is 2. The number of rotatable bonds is 4. The Morgan fingerprint density at radius 3 is 2.75 bits per heavy atom. The summed E-state index contributed by atoms with van der Waals surface area (Å²) in [7, 11) is 1.27. The number of carbonyl (C=O) groups excluding carboxylic acids is 2. The minimum atomic E-state index is -0.942. The monoisotopic (exact) mass is 329 g/mol. The van der Waals surface area contributed by atoms with Crippen LogP contribution in [0.1, 0.15) is 40.5 Å². The third-order valence-electron chi connectivity index (χ3n) is 4.17. The summed E-state index contributed by atoms with van der Waals surface area (Å²) in [5.41, 5.74) is 1.92. The van der Waals surface area contributed by atoms with E-state index in [9.17, 15) is 14.7 Å².